The number of likely N-dealkylation sites (tertiary alicyclic amines) is 1. The maximum Gasteiger partial charge on any atom is 0.164 e. The van der Waals surface area contributed by atoms with E-state index in [0.717, 1.165) is 49.4 Å². The number of ether oxygens (including phenoxy) is 2. The van der Waals surface area contributed by atoms with Crippen LogP contribution in [0.3, 0.4) is 0 Å². The molecular weight excluding hydrogens is 414 g/mol. The Morgan fingerprint density at radius 2 is 1.94 bits per heavy atom. The number of rotatable bonds is 6. The van der Waals surface area contributed by atoms with E-state index in [1.54, 1.807) is 13.2 Å². The highest BCUT2D eigenvalue weighted by Gasteiger charge is 2.67. The van der Waals surface area contributed by atoms with E-state index >= 15 is 0 Å². The Balaban J connectivity index is 1.51. The van der Waals surface area contributed by atoms with Gasteiger partial charge >= 0.3 is 0 Å². The van der Waals surface area contributed by atoms with Gasteiger partial charge in [0.15, 0.2) is 11.5 Å². The van der Waals surface area contributed by atoms with Crippen LogP contribution in [0.1, 0.15) is 55.2 Å². The van der Waals surface area contributed by atoms with Crippen LogP contribution >= 0.6 is 0 Å². The number of ketones is 1. The van der Waals surface area contributed by atoms with E-state index in [2.05, 4.69) is 17.0 Å². The number of piperidine rings is 1. The molecule has 3 atom stereocenters. The lowest BCUT2D eigenvalue weighted by atomic mass is 9.49. The number of hydrogen-bond acceptors (Lipinski definition) is 5. The molecule has 6 rings (SSSR count). The zero-order valence-electron chi connectivity index (χ0n) is 19.4. The van der Waals surface area contributed by atoms with E-state index in [0.29, 0.717) is 31.0 Å². The van der Waals surface area contributed by atoms with Crippen LogP contribution in [0.5, 0.6) is 11.5 Å². The molecule has 174 valence electrons. The van der Waals surface area contributed by atoms with Crippen molar-refractivity contribution < 1.29 is 19.4 Å². The SMILES string of the molecule is COc1c(O)ccc2c1[C@]13CCN(CC4CC4)[C@@H](C2)[C@]1(OCc1ccccc1)CCC(=O)C3. The number of fused-ring (bicyclic) bond motifs is 1. The molecule has 0 amide bonds. The number of Topliss-reactive ketones (excluding diaryl/α,β-unsaturated/α-hetero) is 1. The van der Waals surface area contributed by atoms with Crippen LogP contribution in [0.2, 0.25) is 0 Å². The van der Waals surface area contributed by atoms with Crippen molar-refractivity contribution in [3.8, 4) is 11.5 Å². The molecule has 1 heterocycles. The summed E-state index contributed by atoms with van der Waals surface area (Å²) >= 11 is 0. The van der Waals surface area contributed by atoms with Crippen molar-refractivity contribution in [2.45, 2.75) is 68.6 Å². The molecule has 1 saturated heterocycles. The lowest BCUT2D eigenvalue weighted by Gasteiger charge is -2.65. The van der Waals surface area contributed by atoms with Crippen LogP contribution in [0.25, 0.3) is 0 Å². The fourth-order valence-electron chi connectivity index (χ4n) is 7.09. The first-order chi connectivity index (χ1) is 16.1. The summed E-state index contributed by atoms with van der Waals surface area (Å²) < 4.78 is 12.9. The Morgan fingerprint density at radius 3 is 2.70 bits per heavy atom. The van der Waals surface area contributed by atoms with Crippen LogP contribution < -0.4 is 4.74 Å². The third-order valence-corrected chi connectivity index (χ3v) is 8.74. The lowest BCUT2D eigenvalue weighted by Crippen LogP contribution is -2.74. The summed E-state index contributed by atoms with van der Waals surface area (Å²) in [5.41, 5.74) is 2.42. The molecule has 0 aromatic heterocycles. The van der Waals surface area contributed by atoms with Gasteiger partial charge in [0.05, 0.1) is 19.3 Å². The Labute approximate surface area is 195 Å². The Kier molecular flexibility index (Phi) is 5.04. The number of benzene rings is 2. The number of carbonyl (C=O) groups is 1. The molecule has 4 aliphatic rings. The van der Waals surface area contributed by atoms with E-state index in [1.807, 2.05) is 24.3 Å². The topological polar surface area (TPSA) is 59.0 Å². The van der Waals surface area contributed by atoms with Gasteiger partial charge in [-0.3, -0.25) is 9.69 Å². The molecule has 2 saturated carbocycles. The number of phenols is 1. The molecular formula is C28H33NO4. The van der Waals surface area contributed by atoms with Crippen LogP contribution in [0, 0.1) is 5.92 Å². The fourth-order valence-corrected chi connectivity index (χ4v) is 7.09. The quantitative estimate of drug-likeness (QED) is 0.712. The van der Waals surface area contributed by atoms with Gasteiger partial charge in [-0.25, -0.2) is 0 Å². The monoisotopic (exact) mass is 447 g/mol. The first-order valence-corrected chi connectivity index (χ1v) is 12.4. The number of nitrogens with zero attached hydrogens (tertiary/aromatic N) is 1. The van der Waals surface area contributed by atoms with Crippen LogP contribution in [0.15, 0.2) is 42.5 Å². The van der Waals surface area contributed by atoms with Gasteiger partial charge in [-0.1, -0.05) is 36.4 Å². The van der Waals surface area contributed by atoms with Crippen molar-refractivity contribution in [3.05, 3.63) is 59.2 Å². The van der Waals surface area contributed by atoms with Crippen LogP contribution in [-0.2, 0) is 28.0 Å². The highest BCUT2D eigenvalue weighted by atomic mass is 16.5. The first-order valence-electron chi connectivity index (χ1n) is 12.4. The molecule has 5 heteroatoms. The second kappa shape index (κ2) is 7.85. The minimum atomic E-state index is -0.474. The standard InChI is InChI=1S/C28H33NO4/c1-32-26-23(31)10-9-21-15-24-28(33-18-20-5-3-2-4-6-20)12-11-22(30)16-27(28,25(21)26)13-14-29(24)17-19-7-8-19/h2-6,9-10,19,24,31H,7-8,11-18H2,1H3/t24-,27+,28+/m0/s1. The van der Waals surface area contributed by atoms with Crippen molar-refractivity contribution in [2.24, 2.45) is 5.92 Å². The average Bonchev–Trinajstić information content (AvgIpc) is 3.65. The number of hydrogen-bond donors (Lipinski definition) is 1. The predicted molar refractivity (Wildman–Crippen MR) is 126 cm³/mol. The lowest BCUT2D eigenvalue weighted by molar-refractivity contribution is -0.206. The normalized spacial score (nSPS) is 31.1. The smallest absolute Gasteiger partial charge is 0.164 e. The maximum absolute atomic E-state index is 13.0. The van der Waals surface area contributed by atoms with Crippen molar-refractivity contribution in [1.82, 2.24) is 4.90 Å². The molecule has 5 nitrogen and oxygen atoms in total. The van der Waals surface area contributed by atoms with Crippen LogP contribution in [0.4, 0.5) is 0 Å². The molecule has 0 unspecified atom stereocenters. The molecule has 2 aromatic rings. The van der Waals surface area contributed by atoms with Gasteiger partial charge in [-0.15, -0.1) is 0 Å². The van der Waals surface area contributed by atoms with E-state index < -0.39 is 11.0 Å². The van der Waals surface area contributed by atoms with Gasteiger partial charge in [0, 0.05) is 36.4 Å². The molecule has 2 aromatic carbocycles. The fraction of sp³-hybridized carbons (Fsp3) is 0.536. The Hall–Kier alpha value is -2.37. The summed E-state index contributed by atoms with van der Waals surface area (Å²) in [6.45, 7) is 2.61. The summed E-state index contributed by atoms with van der Waals surface area (Å²) in [6, 6.07) is 14.4. The number of phenolic OH excluding ortho intramolecular Hbond substituents is 1. The first kappa shape index (κ1) is 21.2. The molecule has 1 N–H and O–H groups in total. The highest BCUT2D eigenvalue weighted by Crippen LogP contribution is 2.62. The minimum Gasteiger partial charge on any atom is -0.504 e. The van der Waals surface area contributed by atoms with Gasteiger partial charge < -0.3 is 14.6 Å². The Morgan fingerprint density at radius 1 is 1.12 bits per heavy atom. The van der Waals surface area contributed by atoms with Gasteiger partial charge in [0.1, 0.15) is 5.78 Å². The molecule has 3 fully saturated rings. The molecule has 0 spiro atoms. The van der Waals surface area contributed by atoms with Crippen LogP contribution in [-0.4, -0.2) is 47.6 Å². The zero-order valence-corrected chi connectivity index (χ0v) is 19.4. The van der Waals surface area contributed by atoms with Gasteiger partial charge in [-0.2, -0.15) is 0 Å². The van der Waals surface area contributed by atoms with Gasteiger partial charge in [0.25, 0.3) is 0 Å². The Bertz CT molecular complexity index is 1070. The summed E-state index contributed by atoms with van der Waals surface area (Å²) in [5.74, 6) is 1.77. The number of aromatic hydroxyl groups is 1. The molecule has 33 heavy (non-hydrogen) atoms. The third-order valence-electron chi connectivity index (χ3n) is 8.74. The maximum atomic E-state index is 13.0. The molecule has 0 radical (unpaired) electrons. The van der Waals surface area contributed by atoms with Gasteiger partial charge in [-0.05, 0) is 61.8 Å². The zero-order chi connectivity index (χ0) is 22.6. The molecule has 3 aliphatic carbocycles. The largest absolute Gasteiger partial charge is 0.504 e. The summed E-state index contributed by atoms with van der Waals surface area (Å²) in [6.07, 6.45) is 6.10. The van der Waals surface area contributed by atoms with E-state index in [1.165, 1.54) is 18.4 Å². The minimum absolute atomic E-state index is 0.152. The second-order valence-corrected chi connectivity index (χ2v) is 10.5. The summed E-state index contributed by atoms with van der Waals surface area (Å²) in [4.78, 5) is 15.7. The summed E-state index contributed by atoms with van der Waals surface area (Å²) in [7, 11) is 1.62. The van der Waals surface area contributed by atoms with Gasteiger partial charge in [0.2, 0.25) is 0 Å². The third kappa shape index (κ3) is 3.23. The average molecular weight is 448 g/mol. The van der Waals surface area contributed by atoms with E-state index in [4.69, 9.17) is 9.47 Å². The van der Waals surface area contributed by atoms with Crippen molar-refractivity contribution >= 4 is 5.78 Å². The predicted octanol–water partition coefficient (Wildman–Crippen LogP) is 4.39. The van der Waals surface area contributed by atoms with E-state index in [-0.39, 0.29) is 11.8 Å². The molecule has 2 bridgehead atoms. The number of carbonyl (C=O) groups excluding carboxylic acids is 1. The second-order valence-electron chi connectivity index (χ2n) is 10.5. The van der Waals surface area contributed by atoms with E-state index in [9.17, 15) is 9.90 Å². The highest BCUT2D eigenvalue weighted by molar-refractivity contribution is 5.83. The summed E-state index contributed by atoms with van der Waals surface area (Å²) in [5, 5.41) is 10.7. The van der Waals surface area contributed by atoms with Crippen molar-refractivity contribution in [3.63, 3.8) is 0 Å². The van der Waals surface area contributed by atoms with Crippen molar-refractivity contribution in [1.29, 1.82) is 0 Å². The van der Waals surface area contributed by atoms with Crippen molar-refractivity contribution in [2.75, 3.05) is 20.2 Å². The number of methoxy groups -OCH3 is 1. The molecule has 1 aliphatic heterocycles.